The minimum Gasteiger partial charge on any atom is -0.384 e. The van der Waals surface area contributed by atoms with E-state index in [9.17, 15) is 13.2 Å². The molecule has 0 radical (unpaired) electrons. The number of nitrogen functional groups attached to an aromatic ring is 2. The summed E-state index contributed by atoms with van der Waals surface area (Å²) in [5.74, 6) is 0.425. The number of anilines is 5. The molecule has 0 amide bonds. The zero-order valence-electron chi connectivity index (χ0n) is 27.0. The van der Waals surface area contributed by atoms with Gasteiger partial charge in [-0.3, -0.25) is 9.80 Å². The Bertz CT molecular complexity index is 1550. The maximum absolute atomic E-state index is 13.8. The third kappa shape index (κ3) is 10.4. The monoisotopic (exact) mass is 693 g/mol. The molecule has 5 N–H and O–H groups in total. The van der Waals surface area contributed by atoms with Gasteiger partial charge in [0.25, 0.3) is 0 Å². The van der Waals surface area contributed by atoms with E-state index in [0.717, 1.165) is 56.4 Å². The van der Waals surface area contributed by atoms with Crippen LogP contribution in [0, 0.1) is 0 Å². The third-order valence-corrected chi connectivity index (χ3v) is 9.13. The molecular formula is C30H42F3N11OS2. The molecule has 0 spiro atoms. The zero-order valence-corrected chi connectivity index (χ0v) is 28.7. The van der Waals surface area contributed by atoms with Crippen LogP contribution in [-0.4, -0.2) is 87.2 Å². The van der Waals surface area contributed by atoms with E-state index >= 15 is 0 Å². The minimum absolute atomic E-state index is 0.0868. The number of aromatic nitrogens is 5. The first kappa shape index (κ1) is 36.2. The number of nitrogens with zero attached hydrogens (tertiary/aromatic N) is 8. The number of rotatable bonds is 12. The molecule has 1 aliphatic rings. The molecule has 4 aromatic rings. The predicted molar refractivity (Wildman–Crippen MR) is 183 cm³/mol. The SMILES string of the molecule is CCN(CC)Cc1cnc(N)s1.CCN(CC)Cc1cnc(Nc2cc(-c3cnc(N)cc3C(F)(F)F)nc(N3CCOCC3)n2)s1. The van der Waals surface area contributed by atoms with Gasteiger partial charge in [0.2, 0.25) is 5.95 Å². The second-order valence-electron chi connectivity index (χ2n) is 10.5. The number of thiazole rings is 2. The Hall–Kier alpha value is -3.64. The van der Waals surface area contributed by atoms with Gasteiger partial charge in [0.15, 0.2) is 10.3 Å². The normalized spacial score (nSPS) is 13.6. The highest BCUT2D eigenvalue weighted by Gasteiger charge is 2.35. The number of halogens is 3. The van der Waals surface area contributed by atoms with Gasteiger partial charge in [0, 0.05) is 66.2 Å². The van der Waals surface area contributed by atoms with Crippen LogP contribution in [0.5, 0.6) is 0 Å². The Morgan fingerprint density at radius 3 is 2.04 bits per heavy atom. The van der Waals surface area contributed by atoms with Gasteiger partial charge in [-0.2, -0.15) is 18.2 Å². The van der Waals surface area contributed by atoms with Crippen LogP contribution in [0.1, 0.15) is 43.0 Å². The summed E-state index contributed by atoms with van der Waals surface area (Å²) < 4.78 is 46.8. The Balaban J connectivity index is 0.000000351. The number of morpholine rings is 1. The number of nitrogens with two attached hydrogens (primary N) is 2. The topological polar surface area (TPSA) is 147 Å². The van der Waals surface area contributed by atoms with Gasteiger partial charge in [-0.05, 0) is 32.2 Å². The maximum Gasteiger partial charge on any atom is 0.417 e. The standard InChI is InChI=1S/C22H27F3N8OS.C8H15N3S/c1-3-32(4-2)13-14-11-28-21(35-14)31-19-10-17(29-20(30-19)33-5-7-34-8-6-33)15-12-27-18(26)9-16(15)22(23,24)25;1-3-11(4-2)6-7-5-10-8(9)12-7/h9-12H,3-8,13H2,1-2H3,(H2,26,27)(H,28,29,30,31);5H,3-4,6H2,1-2H3,(H2,9,10). The number of hydrogen-bond acceptors (Lipinski definition) is 14. The van der Waals surface area contributed by atoms with E-state index in [0.29, 0.717) is 48.3 Å². The van der Waals surface area contributed by atoms with Crippen LogP contribution in [0.3, 0.4) is 0 Å². The lowest BCUT2D eigenvalue weighted by Crippen LogP contribution is -2.37. The van der Waals surface area contributed by atoms with E-state index in [1.54, 1.807) is 17.5 Å². The maximum atomic E-state index is 13.8. The van der Waals surface area contributed by atoms with Crippen molar-refractivity contribution in [1.82, 2.24) is 34.7 Å². The molecular weight excluding hydrogens is 652 g/mol. The Kier molecular flexibility index (Phi) is 13.1. The zero-order chi connectivity index (χ0) is 34.0. The smallest absolute Gasteiger partial charge is 0.384 e. The molecule has 12 nitrogen and oxygen atoms in total. The molecule has 0 aliphatic carbocycles. The van der Waals surface area contributed by atoms with Crippen molar-refractivity contribution < 1.29 is 17.9 Å². The first-order valence-electron chi connectivity index (χ1n) is 15.4. The molecule has 17 heteroatoms. The number of ether oxygens (including phenoxy) is 1. The summed E-state index contributed by atoms with van der Waals surface area (Å²) in [7, 11) is 0. The van der Waals surface area contributed by atoms with Crippen LogP contribution < -0.4 is 21.7 Å². The van der Waals surface area contributed by atoms with E-state index in [2.05, 4.69) is 67.7 Å². The molecule has 0 unspecified atom stereocenters. The van der Waals surface area contributed by atoms with Gasteiger partial charge in [-0.15, -0.1) is 22.7 Å². The highest BCUT2D eigenvalue weighted by Crippen LogP contribution is 2.38. The fourth-order valence-electron chi connectivity index (χ4n) is 4.73. The quantitative estimate of drug-likeness (QED) is 0.170. The van der Waals surface area contributed by atoms with E-state index in [1.165, 1.54) is 22.3 Å². The van der Waals surface area contributed by atoms with Gasteiger partial charge in [0.05, 0.1) is 24.5 Å². The number of nitrogens with one attached hydrogen (secondary N) is 1. The van der Waals surface area contributed by atoms with Gasteiger partial charge >= 0.3 is 6.18 Å². The van der Waals surface area contributed by atoms with Crippen LogP contribution >= 0.6 is 22.7 Å². The first-order chi connectivity index (χ1) is 22.5. The molecule has 0 aromatic carbocycles. The average Bonchev–Trinajstić information content (AvgIpc) is 3.70. The summed E-state index contributed by atoms with van der Waals surface area (Å²) in [5.41, 5.74) is 10.1. The lowest BCUT2D eigenvalue weighted by Gasteiger charge is -2.27. The minimum atomic E-state index is -4.63. The van der Waals surface area contributed by atoms with Gasteiger partial charge < -0.3 is 26.4 Å². The van der Waals surface area contributed by atoms with Crippen molar-refractivity contribution >= 4 is 50.5 Å². The lowest BCUT2D eigenvalue weighted by atomic mass is 10.1. The van der Waals surface area contributed by atoms with Crippen LogP contribution in [-0.2, 0) is 24.0 Å². The highest BCUT2D eigenvalue weighted by atomic mass is 32.1. The van der Waals surface area contributed by atoms with E-state index in [1.807, 2.05) is 11.1 Å². The third-order valence-electron chi connectivity index (χ3n) is 7.42. The number of alkyl halides is 3. The summed E-state index contributed by atoms with van der Waals surface area (Å²) in [6, 6.07) is 2.29. The number of pyridine rings is 1. The fourth-order valence-corrected chi connectivity index (χ4v) is 6.32. The van der Waals surface area contributed by atoms with Gasteiger partial charge in [-0.25, -0.2) is 19.9 Å². The first-order valence-corrected chi connectivity index (χ1v) is 17.1. The van der Waals surface area contributed by atoms with Crippen molar-refractivity contribution in [2.75, 3.05) is 74.2 Å². The van der Waals surface area contributed by atoms with E-state index in [-0.39, 0.29) is 17.1 Å². The molecule has 1 saturated heterocycles. The summed E-state index contributed by atoms with van der Waals surface area (Å²) in [5, 5.41) is 4.40. The van der Waals surface area contributed by atoms with Crippen molar-refractivity contribution in [3.8, 4) is 11.3 Å². The molecule has 1 aliphatic heterocycles. The molecule has 47 heavy (non-hydrogen) atoms. The average molecular weight is 694 g/mol. The fraction of sp³-hybridized carbons (Fsp3) is 0.500. The molecule has 4 aromatic heterocycles. The summed E-state index contributed by atoms with van der Waals surface area (Å²) in [4.78, 5) is 30.1. The second-order valence-corrected chi connectivity index (χ2v) is 12.8. The molecule has 256 valence electrons. The molecule has 1 fully saturated rings. The predicted octanol–water partition coefficient (Wildman–Crippen LogP) is 5.59. The summed E-state index contributed by atoms with van der Waals surface area (Å²) in [6.45, 7) is 16.3. The van der Waals surface area contributed by atoms with E-state index in [4.69, 9.17) is 16.2 Å². The molecule has 0 saturated carbocycles. The molecule has 5 heterocycles. The van der Waals surface area contributed by atoms with Crippen molar-refractivity contribution in [3.05, 3.63) is 46.0 Å². The lowest BCUT2D eigenvalue weighted by molar-refractivity contribution is -0.137. The Morgan fingerprint density at radius 2 is 1.47 bits per heavy atom. The van der Waals surface area contributed by atoms with E-state index < -0.39 is 11.7 Å². The van der Waals surface area contributed by atoms with Crippen LogP contribution in [0.15, 0.2) is 30.7 Å². The Morgan fingerprint density at radius 1 is 0.851 bits per heavy atom. The van der Waals surface area contributed by atoms with Gasteiger partial charge in [-0.1, -0.05) is 27.7 Å². The van der Waals surface area contributed by atoms with Crippen molar-refractivity contribution in [2.24, 2.45) is 0 Å². The summed E-state index contributed by atoms with van der Waals surface area (Å²) >= 11 is 3.04. The van der Waals surface area contributed by atoms with Crippen LogP contribution in [0.25, 0.3) is 11.3 Å². The largest absolute Gasteiger partial charge is 0.417 e. The molecule has 0 atom stereocenters. The van der Waals surface area contributed by atoms with Crippen molar-refractivity contribution in [1.29, 1.82) is 0 Å². The highest BCUT2D eigenvalue weighted by molar-refractivity contribution is 7.15. The number of hydrogen-bond donors (Lipinski definition) is 3. The van der Waals surface area contributed by atoms with Crippen LogP contribution in [0.2, 0.25) is 0 Å². The molecule has 0 bridgehead atoms. The molecule has 5 rings (SSSR count). The van der Waals surface area contributed by atoms with Gasteiger partial charge in [0.1, 0.15) is 11.6 Å². The van der Waals surface area contributed by atoms with Crippen LogP contribution in [0.4, 0.5) is 41.0 Å². The van der Waals surface area contributed by atoms with Crippen molar-refractivity contribution in [2.45, 2.75) is 47.0 Å². The Labute approximate surface area is 281 Å². The summed E-state index contributed by atoms with van der Waals surface area (Å²) in [6.07, 6.45) is 0.123. The van der Waals surface area contributed by atoms with Crippen molar-refractivity contribution in [3.63, 3.8) is 0 Å². The second kappa shape index (κ2) is 17.0.